The van der Waals surface area contributed by atoms with Crippen LogP contribution < -0.4 is 4.90 Å². The molecule has 2 aromatic carbocycles. The standard InChI is InChI=1S/C21H24FN3OS.ClH/c1-4-24(5-2)12-13-25(20(26)17-9-7-6-8-15(17)3)21-23-18-11-10-16(22)14-19(18)27-21;/h6-11,14H,4-5,12-13H2,1-3H3;1H. The lowest BCUT2D eigenvalue weighted by Gasteiger charge is -2.25. The number of halogens is 2. The summed E-state index contributed by atoms with van der Waals surface area (Å²) in [5.41, 5.74) is 2.31. The van der Waals surface area contributed by atoms with Crippen LogP contribution >= 0.6 is 23.7 Å². The van der Waals surface area contributed by atoms with E-state index in [9.17, 15) is 9.18 Å². The van der Waals surface area contributed by atoms with Crippen molar-refractivity contribution >= 4 is 45.0 Å². The summed E-state index contributed by atoms with van der Waals surface area (Å²) >= 11 is 1.35. The molecule has 28 heavy (non-hydrogen) atoms. The molecule has 3 aromatic rings. The molecular formula is C21H25ClFN3OS. The molecule has 1 amide bonds. The predicted molar refractivity (Wildman–Crippen MR) is 117 cm³/mol. The van der Waals surface area contributed by atoms with Crippen LogP contribution in [0.5, 0.6) is 0 Å². The van der Waals surface area contributed by atoms with Gasteiger partial charge in [-0.15, -0.1) is 12.4 Å². The zero-order chi connectivity index (χ0) is 19.4. The fourth-order valence-electron chi connectivity index (χ4n) is 3.03. The summed E-state index contributed by atoms with van der Waals surface area (Å²) in [6, 6.07) is 12.1. The Morgan fingerprint density at radius 2 is 1.82 bits per heavy atom. The van der Waals surface area contributed by atoms with Crippen LogP contribution in [0.25, 0.3) is 10.2 Å². The maximum atomic E-state index is 13.6. The van der Waals surface area contributed by atoms with Crippen molar-refractivity contribution in [3.8, 4) is 0 Å². The molecule has 7 heteroatoms. The number of hydrogen-bond acceptors (Lipinski definition) is 4. The molecule has 0 radical (unpaired) electrons. The second-order valence-corrected chi connectivity index (χ2v) is 7.42. The van der Waals surface area contributed by atoms with E-state index in [0.717, 1.165) is 29.9 Å². The zero-order valence-corrected chi connectivity index (χ0v) is 17.9. The van der Waals surface area contributed by atoms with Gasteiger partial charge in [-0.3, -0.25) is 9.69 Å². The van der Waals surface area contributed by atoms with E-state index in [-0.39, 0.29) is 24.1 Å². The van der Waals surface area contributed by atoms with Crippen molar-refractivity contribution < 1.29 is 9.18 Å². The number of thiazole rings is 1. The Bertz CT molecular complexity index is 942. The Labute approximate surface area is 175 Å². The van der Waals surface area contributed by atoms with Crippen molar-refractivity contribution in [1.82, 2.24) is 9.88 Å². The minimum Gasteiger partial charge on any atom is -0.302 e. The number of nitrogens with zero attached hydrogens (tertiary/aromatic N) is 3. The number of aromatic nitrogens is 1. The Hall–Kier alpha value is -2.02. The molecule has 0 aliphatic carbocycles. The van der Waals surface area contributed by atoms with Crippen LogP contribution in [0.3, 0.4) is 0 Å². The van der Waals surface area contributed by atoms with E-state index in [1.165, 1.54) is 23.5 Å². The van der Waals surface area contributed by atoms with Gasteiger partial charge in [0.15, 0.2) is 5.13 Å². The van der Waals surface area contributed by atoms with Gasteiger partial charge in [0, 0.05) is 18.7 Å². The number of carbonyl (C=O) groups is 1. The summed E-state index contributed by atoms with van der Waals surface area (Å²) in [7, 11) is 0. The van der Waals surface area contributed by atoms with Gasteiger partial charge in [-0.2, -0.15) is 0 Å². The fraction of sp³-hybridized carbons (Fsp3) is 0.333. The third kappa shape index (κ3) is 4.87. The number of benzene rings is 2. The van der Waals surface area contributed by atoms with Crippen LogP contribution in [0.2, 0.25) is 0 Å². The van der Waals surface area contributed by atoms with Crippen molar-refractivity contribution in [1.29, 1.82) is 0 Å². The molecule has 0 aliphatic rings. The molecule has 0 saturated carbocycles. The maximum absolute atomic E-state index is 13.6. The van der Waals surface area contributed by atoms with Crippen LogP contribution in [0, 0.1) is 12.7 Å². The third-order valence-electron chi connectivity index (χ3n) is 4.72. The molecule has 1 aromatic heterocycles. The van der Waals surface area contributed by atoms with Gasteiger partial charge in [-0.1, -0.05) is 43.4 Å². The topological polar surface area (TPSA) is 36.4 Å². The van der Waals surface area contributed by atoms with Gasteiger partial charge in [0.1, 0.15) is 5.82 Å². The molecule has 3 rings (SSSR count). The van der Waals surface area contributed by atoms with E-state index in [1.807, 2.05) is 31.2 Å². The number of aryl methyl sites for hydroxylation is 1. The zero-order valence-electron chi connectivity index (χ0n) is 16.3. The molecule has 0 aliphatic heterocycles. The Morgan fingerprint density at radius 1 is 1.11 bits per heavy atom. The molecule has 0 fully saturated rings. The smallest absolute Gasteiger partial charge is 0.260 e. The van der Waals surface area contributed by atoms with Crippen LogP contribution in [0.15, 0.2) is 42.5 Å². The Balaban J connectivity index is 0.00000280. The van der Waals surface area contributed by atoms with Crippen LogP contribution in [0.1, 0.15) is 29.8 Å². The first kappa shape index (κ1) is 22.3. The average molecular weight is 422 g/mol. The largest absolute Gasteiger partial charge is 0.302 e. The van der Waals surface area contributed by atoms with Gasteiger partial charge in [0.25, 0.3) is 5.91 Å². The SMILES string of the molecule is CCN(CC)CCN(C(=O)c1ccccc1C)c1nc2ccc(F)cc2s1.Cl. The highest BCUT2D eigenvalue weighted by molar-refractivity contribution is 7.22. The van der Waals surface area contributed by atoms with Crippen LogP contribution in [0.4, 0.5) is 9.52 Å². The Morgan fingerprint density at radius 3 is 2.50 bits per heavy atom. The number of amides is 1. The maximum Gasteiger partial charge on any atom is 0.260 e. The first-order chi connectivity index (χ1) is 13.0. The van der Waals surface area contributed by atoms with E-state index >= 15 is 0 Å². The van der Waals surface area contributed by atoms with Gasteiger partial charge in [0.05, 0.1) is 10.2 Å². The van der Waals surface area contributed by atoms with E-state index in [0.29, 0.717) is 22.8 Å². The summed E-state index contributed by atoms with van der Waals surface area (Å²) in [6.07, 6.45) is 0. The Kier molecular flexibility index (Phi) is 7.92. The normalized spacial score (nSPS) is 10.9. The summed E-state index contributed by atoms with van der Waals surface area (Å²) in [5.74, 6) is -0.364. The highest BCUT2D eigenvalue weighted by Crippen LogP contribution is 2.30. The molecule has 1 heterocycles. The molecule has 150 valence electrons. The van der Waals surface area contributed by atoms with Crippen molar-refractivity contribution in [3.63, 3.8) is 0 Å². The summed E-state index contributed by atoms with van der Waals surface area (Å²) < 4.78 is 14.3. The van der Waals surface area contributed by atoms with Crippen molar-refractivity contribution in [2.45, 2.75) is 20.8 Å². The number of rotatable bonds is 7. The lowest BCUT2D eigenvalue weighted by molar-refractivity contribution is 0.0983. The van der Waals surface area contributed by atoms with E-state index in [4.69, 9.17) is 0 Å². The van der Waals surface area contributed by atoms with Crippen LogP contribution in [-0.4, -0.2) is 42.0 Å². The summed E-state index contributed by atoms with van der Waals surface area (Å²) in [6.45, 7) is 9.30. The number of hydrogen-bond donors (Lipinski definition) is 0. The lowest BCUT2D eigenvalue weighted by Crippen LogP contribution is -2.39. The molecular weight excluding hydrogens is 397 g/mol. The molecule has 4 nitrogen and oxygen atoms in total. The third-order valence-corrected chi connectivity index (χ3v) is 5.77. The van der Waals surface area contributed by atoms with E-state index in [1.54, 1.807) is 11.0 Å². The minimum atomic E-state index is -0.294. The highest BCUT2D eigenvalue weighted by Gasteiger charge is 2.23. The molecule has 0 saturated heterocycles. The molecule has 0 N–H and O–H groups in total. The predicted octanol–water partition coefficient (Wildman–Crippen LogP) is 5.15. The number of anilines is 1. The number of carbonyl (C=O) groups excluding carboxylic acids is 1. The van der Waals surface area contributed by atoms with Gasteiger partial charge >= 0.3 is 0 Å². The molecule has 0 unspecified atom stereocenters. The fourth-order valence-corrected chi connectivity index (χ4v) is 4.04. The number of likely N-dealkylation sites (N-methyl/N-ethyl adjacent to an activating group) is 1. The van der Waals surface area contributed by atoms with Crippen LogP contribution in [-0.2, 0) is 0 Å². The summed E-state index contributed by atoms with van der Waals surface area (Å²) in [4.78, 5) is 21.9. The number of fused-ring (bicyclic) bond motifs is 1. The minimum absolute atomic E-state index is 0. The van der Waals surface area contributed by atoms with E-state index in [2.05, 4.69) is 23.7 Å². The van der Waals surface area contributed by atoms with E-state index < -0.39 is 0 Å². The monoisotopic (exact) mass is 421 g/mol. The van der Waals surface area contributed by atoms with Crippen molar-refractivity contribution in [2.75, 3.05) is 31.1 Å². The van der Waals surface area contributed by atoms with Crippen molar-refractivity contribution in [3.05, 3.63) is 59.4 Å². The highest BCUT2D eigenvalue weighted by atomic mass is 35.5. The molecule has 0 bridgehead atoms. The van der Waals surface area contributed by atoms with Gasteiger partial charge in [0.2, 0.25) is 0 Å². The van der Waals surface area contributed by atoms with Gasteiger partial charge in [-0.25, -0.2) is 9.37 Å². The first-order valence-corrected chi connectivity index (χ1v) is 10.0. The lowest BCUT2D eigenvalue weighted by atomic mass is 10.1. The van der Waals surface area contributed by atoms with Crippen molar-refractivity contribution in [2.24, 2.45) is 0 Å². The van der Waals surface area contributed by atoms with Gasteiger partial charge in [-0.05, 0) is 49.8 Å². The second-order valence-electron chi connectivity index (χ2n) is 6.41. The average Bonchev–Trinajstić information content (AvgIpc) is 3.08. The first-order valence-electron chi connectivity index (χ1n) is 9.19. The molecule has 0 spiro atoms. The second kappa shape index (κ2) is 9.96. The molecule has 0 atom stereocenters. The van der Waals surface area contributed by atoms with Gasteiger partial charge < -0.3 is 4.90 Å². The quantitative estimate of drug-likeness (QED) is 0.529. The summed E-state index contributed by atoms with van der Waals surface area (Å²) in [5, 5.41) is 0.607.